The molecule has 0 radical (unpaired) electrons. The van der Waals surface area contributed by atoms with E-state index in [1.54, 1.807) is 18.0 Å². The Kier molecular flexibility index (Phi) is 3.11. The third-order valence-electron chi connectivity index (χ3n) is 1.62. The van der Waals surface area contributed by atoms with Gasteiger partial charge in [-0.25, -0.2) is 4.98 Å². The van der Waals surface area contributed by atoms with Crippen molar-refractivity contribution in [1.82, 2.24) is 4.98 Å². The Labute approximate surface area is 91.3 Å². The molecule has 2 aromatic heterocycles. The lowest BCUT2D eigenvalue weighted by Gasteiger charge is -1.96. The molecule has 2 aromatic rings. The fourth-order valence-electron chi connectivity index (χ4n) is 1.01. The van der Waals surface area contributed by atoms with Crippen LogP contribution in [0, 0.1) is 0 Å². The Balaban J connectivity index is 1.95. The molecule has 0 spiro atoms. The molecule has 0 aromatic carbocycles. The summed E-state index contributed by atoms with van der Waals surface area (Å²) in [7, 11) is 0. The molecule has 4 heteroatoms. The molecule has 0 bridgehead atoms. The zero-order valence-electron chi connectivity index (χ0n) is 7.31. The smallest absolute Gasteiger partial charge is 0.115 e. The molecule has 0 amide bonds. The number of aromatic nitrogens is 1. The molecule has 0 aliphatic carbocycles. The van der Waals surface area contributed by atoms with Crippen molar-refractivity contribution in [2.45, 2.75) is 10.8 Å². The number of rotatable bonds is 3. The highest BCUT2D eigenvalue weighted by Gasteiger charge is 2.01. The van der Waals surface area contributed by atoms with E-state index in [0.717, 1.165) is 16.5 Å². The lowest BCUT2D eigenvalue weighted by Crippen LogP contribution is -1.78. The van der Waals surface area contributed by atoms with E-state index in [4.69, 9.17) is 16.0 Å². The summed E-state index contributed by atoms with van der Waals surface area (Å²) in [5.41, 5.74) is 0. The van der Waals surface area contributed by atoms with Gasteiger partial charge in [-0.15, -0.1) is 0 Å². The lowest BCUT2D eigenvalue weighted by atomic mass is 10.5. The molecule has 2 nitrogen and oxygen atoms in total. The van der Waals surface area contributed by atoms with Gasteiger partial charge in [0.05, 0.1) is 15.8 Å². The summed E-state index contributed by atoms with van der Waals surface area (Å²) in [6.07, 6.45) is 3.31. The molecule has 72 valence electrons. The van der Waals surface area contributed by atoms with Crippen LogP contribution in [0.1, 0.15) is 5.76 Å². The second-order valence-electron chi connectivity index (χ2n) is 2.69. The maximum Gasteiger partial charge on any atom is 0.115 e. The van der Waals surface area contributed by atoms with Crippen molar-refractivity contribution >= 4 is 23.4 Å². The number of furan rings is 1. The Hall–Kier alpha value is -0.930. The summed E-state index contributed by atoms with van der Waals surface area (Å²) < 4.78 is 5.21. The molecule has 0 saturated heterocycles. The van der Waals surface area contributed by atoms with Gasteiger partial charge >= 0.3 is 0 Å². The summed E-state index contributed by atoms with van der Waals surface area (Å²) >= 11 is 7.35. The van der Waals surface area contributed by atoms with Gasteiger partial charge in [-0.05, 0) is 18.2 Å². The van der Waals surface area contributed by atoms with E-state index in [9.17, 15) is 0 Å². The molecule has 0 atom stereocenters. The molecule has 2 rings (SSSR count). The first-order valence-electron chi connectivity index (χ1n) is 4.11. The Morgan fingerprint density at radius 3 is 3.00 bits per heavy atom. The quantitative estimate of drug-likeness (QED) is 0.747. The van der Waals surface area contributed by atoms with E-state index < -0.39 is 0 Å². The molecule has 0 aliphatic rings. The van der Waals surface area contributed by atoms with Gasteiger partial charge in [0.2, 0.25) is 0 Å². The third-order valence-corrected chi connectivity index (χ3v) is 2.79. The van der Waals surface area contributed by atoms with Crippen molar-refractivity contribution in [2.24, 2.45) is 0 Å². The molecule has 0 fully saturated rings. The molecule has 0 saturated carbocycles. The van der Waals surface area contributed by atoms with Crippen LogP contribution in [0.2, 0.25) is 5.02 Å². The topological polar surface area (TPSA) is 26.0 Å². The first-order chi connectivity index (χ1) is 6.84. The Morgan fingerprint density at radius 2 is 2.36 bits per heavy atom. The molecule has 0 N–H and O–H groups in total. The van der Waals surface area contributed by atoms with Gasteiger partial charge in [0.1, 0.15) is 12.0 Å². The van der Waals surface area contributed by atoms with Crippen LogP contribution in [0.3, 0.4) is 0 Å². The normalized spacial score (nSPS) is 10.4. The third kappa shape index (κ3) is 2.53. The number of halogens is 1. The van der Waals surface area contributed by atoms with Crippen molar-refractivity contribution in [3.63, 3.8) is 0 Å². The molecule has 14 heavy (non-hydrogen) atoms. The van der Waals surface area contributed by atoms with Crippen LogP contribution in [-0.2, 0) is 5.75 Å². The van der Waals surface area contributed by atoms with Crippen LogP contribution < -0.4 is 0 Å². The minimum Gasteiger partial charge on any atom is -0.467 e. The largest absolute Gasteiger partial charge is 0.467 e. The van der Waals surface area contributed by atoms with Crippen LogP contribution >= 0.6 is 23.4 Å². The number of thioether (sulfide) groups is 1. The van der Waals surface area contributed by atoms with Gasteiger partial charge in [-0.3, -0.25) is 0 Å². The average Bonchev–Trinajstić information content (AvgIpc) is 2.63. The molecular formula is C10H8ClNOS. The maximum absolute atomic E-state index is 5.72. The van der Waals surface area contributed by atoms with E-state index in [0.29, 0.717) is 5.02 Å². The second-order valence-corrected chi connectivity index (χ2v) is 4.12. The summed E-state index contributed by atoms with van der Waals surface area (Å²) in [5, 5.41) is 1.63. The van der Waals surface area contributed by atoms with E-state index in [-0.39, 0.29) is 0 Å². The van der Waals surface area contributed by atoms with Crippen LogP contribution in [0.15, 0.2) is 46.2 Å². The molecular weight excluding hydrogens is 218 g/mol. The van der Waals surface area contributed by atoms with Crippen molar-refractivity contribution in [1.29, 1.82) is 0 Å². The van der Waals surface area contributed by atoms with Crippen LogP contribution in [0.4, 0.5) is 0 Å². The van der Waals surface area contributed by atoms with Gasteiger partial charge in [-0.2, -0.15) is 0 Å². The fourth-order valence-corrected chi connectivity index (χ4v) is 1.92. The Morgan fingerprint density at radius 1 is 1.43 bits per heavy atom. The zero-order chi connectivity index (χ0) is 9.80. The van der Waals surface area contributed by atoms with E-state index in [1.807, 2.05) is 24.3 Å². The van der Waals surface area contributed by atoms with Crippen LogP contribution in [-0.4, -0.2) is 4.98 Å². The van der Waals surface area contributed by atoms with E-state index in [2.05, 4.69) is 4.98 Å². The van der Waals surface area contributed by atoms with Crippen molar-refractivity contribution in [2.75, 3.05) is 0 Å². The highest BCUT2D eigenvalue weighted by atomic mass is 35.5. The first kappa shape index (κ1) is 9.62. The maximum atomic E-state index is 5.72. The number of hydrogen-bond donors (Lipinski definition) is 0. The number of pyridine rings is 1. The second kappa shape index (κ2) is 4.53. The standard InChI is InChI=1S/C10H8ClNOS/c11-8-5-9(13-6-8)7-14-10-3-1-2-4-12-10/h1-6H,7H2. The number of hydrogen-bond acceptors (Lipinski definition) is 3. The predicted molar refractivity (Wildman–Crippen MR) is 57.5 cm³/mol. The number of nitrogens with zero attached hydrogens (tertiary/aromatic N) is 1. The van der Waals surface area contributed by atoms with Crippen LogP contribution in [0.5, 0.6) is 0 Å². The fraction of sp³-hybridized carbons (Fsp3) is 0.100. The van der Waals surface area contributed by atoms with Gasteiger partial charge < -0.3 is 4.42 Å². The molecule has 0 aliphatic heterocycles. The minimum atomic E-state index is 0.640. The van der Waals surface area contributed by atoms with E-state index in [1.165, 1.54) is 6.26 Å². The van der Waals surface area contributed by atoms with Crippen molar-refractivity contribution in [3.8, 4) is 0 Å². The SMILES string of the molecule is Clc1coc(CSc2ccccn2)c1. The Bertz CT molecular complexity index is 402. The monoisotopic (exact) mass is 225 g/mol. The average molecular weight is 226 g/mol. The van der Waals surface area contributed by atoms with Crippen molar-refractivity contribution in [3.05, 3.63) is 47.5 Å². The van der Waals surface area contributed by atoms with E-state index >= 15 is 0 Å². The van der Waals surface area contributed by atoms with Gasteiger partial charge in [0.15, 0.2) is 0 Å². The highest BCUT2D eigenvalue weighted by molar-refractivity contribution is 7.98. The van der Waals surface area contributed by atoms with Gasteiger partial charge in [-0.1, -0.05) is 29.4 Å². The summed E-state index contributed by atoms with van der Waals surface area (Å²) in [4.78, 5) is 4.19. The zero-order valence-corrected chi connectivity index (χ0v) is 8.89. The summed E-state index contributed by atoms with van der Waals surface area (Å²) in [5.74, 6) is 1.62. The summed E-state index contributed by atoms with van der Waals surface area (Å²) in [6.45, 7) is 0. The summed E-state index contributed by atoms with van der Waals surface area (Å²) in [6, 6.07) is 7.64. The lowest BCUT2D eigenvalue weighted by molar-refractivity contribution is 0.530. The first-order valence-corrected chi connectivity index (χ1v) is 5.48. The molecule has 0 unspecified atom stereocenters. The van der Waals surface area contributed by atoms with Crippen molar-refractivity contribution < 1.29 is 4.42 Å². The molecule has 2 heterocycles. The van der Waals surface area contributed by atoms with Crippen LogP contribution in [0.25, 0.3) is 0 Å². The van der Waals surface area contributed by atoms with Gasteiger partial charge in [0, 0.05) is 6.20 Å². The van der Waals surface area contributed by atoms with Gasteiger partial charge in [0.25, 0.3) is 0 Å². The highest BCUT2D eigenvalue weighted by Crippen LogP contribution is 2.22. The minimum absolute atomic E-state index is 0.640. The predicted octanol–water partition coefficient (Wildman–Crippen LogP) is 3.62.